The van der Waals surface area contributed by atoms with E-state index in [0.717, 1.165) is 45.6 Å². The SMILES string of the molecule is O=C(CCCCCC(=O)N1CCN(Cc2cccnc2)CC1)NO. The van der Waals surface area contributed by atoms with Gasteiger partial charge in [-0.3, -0.25) is 24.7 Å². The number of unbranched alkanes of at least 4 members (excludes halogenated alkanes) is 2. The summed E-state index contributed by atoms with van der Waals surface area (Å²) in [5, 5.41) is 8.40. The van der Waals surface area contributed by atoms with Gasteiger partial charge in [0.05, 0.1) is 0 Å². The van der Waals surface area contributed by atoms with E-state index in [4.69, 9.17) is 5.21 Å². The number of hydroxylamine groups is 1. The first kappa shape index (κ1) is 18.4. The molecule has 0 aromatic carbocycles. The van der Waals surface area contributed by atoms with Crippen molar-refractivity contribution in [3.63, 3.8) is 0 Å². The van der Waals surface area contributed by atoms with E-state index >= 15 is 0 Å². The van der Waals surface area contributed by atoms with Crippen molar-refractivity contribution >= 4 is 11.8 Å². The van der Waals surface area contributed by atoms with Crippen LogP contribution in [0.3, 0.4) is 0 Å². The van der Waals surface area contributed by atoms with Gasteiger partial charge in [0.1, 0.15) is 0 Å². The zero-order valence-corrected chi connectivity index (χ0v) is 14.0. The summed E-state index contributed by atoms with van der Waals surface area (Å²) < 4.78 is 0. The second kappa shape index (κ2) is 10.00. The number of aromatic nitrogens is 1. The van der Waals surface area contributed by atoms with E-state index in [2.05, 4.69) is 16.0 Å². The lowest BCUT2D eigenvalue weighted by atomic mass is 10.1. The Bertz CT molecular complexity index is 516. The van der Waals surface area contributed by atoms with Crippen LogP contribution in [0.1, 0.15) is 37.7 Å². The Labute approximate surface area is 142 Å². The predicted molar refractivity (Wildman–Crippen MR) is 89.1 cm³/mol. The molecule has 2 N–H and O–H groups in total. The quantitative estimate of drug-likeness (QED) is 0.424. The number of carbonyl (C=O) groups excluding carboxylic acids is 2. The van der Waals surface area contributed by atoms with Gasteiger partial charge in [0.15, 0.2) is 0 Å². The average Bonchev–Trinajstić information content (AvgIpc) is 2.62. The lowest BCUT2D eigenvalue weighted by Crippen LogP contribution is -2.48. The Hall–Kier alpha value is -1.99. The molecule has 132 valence electrons. The van der Waals surface area contributed by atoms with Crippen LogP contribution in [-0.2, 0) is 16.1 Å². The monoisotopic (exact) mass is 334 g/mol. The van der Waals surface area contributed by atoms with E-state index in [1.54, 1.807) is 11.7 Å². The first-order chi connectivity index (χ1) is 11.7. The predicted octanol–water partition coefficient (Wildman–Crippen LogP) is 1.18. The molecule has 7 heteroatoms. The van der Waals surface area contributed by atoms with Gasteiger partial charge >= 0.3 is 0 Å². The van der Waals surface area contributed by atoms with E-state index < -0.39 is 0 Å². The molecule has 1 aromatic rings. The number of rotatable bonds is 8. The second-order valence-corrected chi connectivity index (χ2v) is 6.11. The smallest absolute Gasteiger partial charge is 0.243 e. The van der Waals surface area contributed by atoms with E-state index in [1.807, 2.05) is 17.2 Å². The lowest BCUT2D eigenvalue weighted by molar-refractivity contribution is -0.133. The topological polar surface area (TPSA) is 85.8 Å². The third kappa shape index (κ3) is 6.25. The number of carbonyl (C=O) groups is 2. The van der Waals surface area contributed by atoms with E-state index in [1.165, 1.54) is 5.56 Å². The summed E-state index contributed by atoms with van der Waals surface area (Å²) in [5.74, 6) is -0.172. The summed E-state index contributed by atoms with van der Waals surface area (Å²) in [6.45, 7) is 4.19. The van der Waals surface area contributed by atoms with Gasteiger partial charge in [-0.1, -0.05) is 12.5 Å². The van der Waals surface area contributed by atoms with Crippen LogP contribution in [0, 0.1) is 0 Å². The number of nitrogens with zero attached hydrogens (tertiary/aromatic N) is 3. The first-order valence-electron chi connectivity index (χ1n) is 8.51. The molecule has 1 saturated heterocycles. The number of amides is 2. The standard InChI is InChI=1S/C17H26N4O3/c22-16(19-24)6-2-1-3-7-17(23)21-11-9-20(10-12-21)14-15-5-4-8-18-13-15/h4-5,8,13,24H,1-3,6-7,9-12,14H2,(H,19,22). The fourth-order valence-corrected chi connectivity index (χ4v) is 2.86. The highest BCUT2D eigenvalue weighted by Gasteiger charge is 2.20. The van der Waals surface area contributed by atoms with Crippen molar-refractivity contribution in [2.45, 2.75) is 38.6 Å². The molecule has 0 spiro atoms. The highest BCUT2D eigenvalue weighted by molar-refractivity contribution is 5.76. The fraction of sp³-hybridized carbons (Fsp3) is 0.588. The molecule has 2 heterocycles. The van der Waals surface area contributed by atoms with Gasteiger partial charge in [0.2, 0.25) is 11.8 Å². The minimum Gasteiger partial charge on any atom is -0.340 e. The molecule has 0 bridgehead atoms. The molecule has 2 amide bonds. The summed E-state index contributed by atoms with van der Waals surface area (Å²) in [7, 11) is 0. The third-order valence-electron chi connectivity index (χ3n) is 4.27. The Kier molecular flexibility index (Phi) is 7.64. The van der Waals surface area contributed by atoms with Crippen LogP contribution in [-0.4, -0.2) is 58.0 Å². The Morgan fingerprint density at radius 2 is 1.88 bits per heavy atom. The lowest BCUT2D eigenvalue weighted by Gasteiger charge is -2.34. The molecular weight excluding hydrogens is 308 g/mol. The normalized spacial score (nSPS) is 15.3. The Morgan fingerprint density at radius 3 is 2.54 bits per heavy atom. The number of nitrogens with one attached hydrogen (secondary N) is 1. The van der Waals surface area contributed by atoms with Gasteiger partial charge in [-0.25, -0.2) is 5.48 Å². The van der Waals surface area contributed by atoms with Crippen molar-refractivity contribution in [1.29, 1.82) is 0 Å². The number of hydrogen-bond acceptors (Lipinski definition) is 5. The van der Waals surface area contributed by atoms with Gasteiger partial charge in [-0.05, 0) is 24.5 Å². The van der Waals surface area contributed by atoms with Gasteiger partial charge < -0.3 is 4.90 Å². The summed E-state index contributed by atoms with van der Waals surface area (Å²) in [6.07, 6.45) is 6.79. The molecule has 0 radical (unpaired) electrons. The molecule has 1 aliphatic heterocycles. The molecular formula is C17H26N4O3. The van der Waals surface area contributed by atoms with Crippen LogP contribution >= 0.6 is 0 Å². The highest BCUT2D eigenvalue weighted by atomic mass is 16.5. The van der Waals surface area contributed by atoms with Crippen LogP contribution in [0.25, 0.3) is 0 Å². The maximum Gasteiger partial charge on any atom is 0.243 e. The molecule has 0 atom stereocenters. The fourth-order valence-electron chi connectivity index (χ4n) is 2.86. The van der Waals surface area contributed by atoms with Crippen LogP contribution in [0.5, 0.6) is 0 Å². The van der Waals surface area contributed by atoms with Gasteiger partial charge in [0.25, 0.3) is 0 Å². The van der Waals surface area contributed by atoms with Crippen molar-refractivity contribution in [1.82, 2.24) is 20.3 Å². The van der Waals surface area contributed by atoms with Gasteiger partial charge in [0, 0.05) is 58.0 Å². The van der Waals surface area contributed by atoms with Crippen LogP contribution in [0.15, 0.2) is 24.5 Å². The van der Waals surface area contributed by atoms with E-state index in [0.29, 0.717) is 19.3 Å². The van der Waals surface area contributed by atoms with Crippen LogP contribution in [0.2, 0.25) is 0 Å². The zero-order chi connectivity index (χ0) is 17.2. The molecule has 2 rings (SSSR count). The van der Waals surface area contributed by atoms with Crippen molar-refractivity contribution in [2.24, 2.45) is 0 Å². The second-order valence-electron chi connectivity index (χ2n) is 6.11. The molecule has 7 nitrogen and oxygen atoms in total. The minimum absolute atomic E-state index is 0.197. The van der Waals surface area contributed by atoms with Crippen LogP contribution in [0.4, 0.5) is 0 Å². The van der Waals surface area contributed by atoms with Crippen LogP contribution < -0.4 is 5.48 Å². The molecule has 24 heavy (non-hydrogen) atoms. The van der Waals surface area contributed by atoms with Crippen molar-refractivity contribution in [3.8, 4) is 0 Å². The number of piperazine rings is 1. The van der Waals surface area contributed by atoms with Crippen molar-refractivity contribution < 1.29 is 14.8 Å². The molecule has 1 aromatic heterocycles. The Morgan fingerprint density at radius 1 is 1.12 bits per heavy atom. The minimum atomic E-state index is -0.369. The number of hydrogen-bond donors (Lipinski definition) is 2. The first-order valence-corrected chi connectivity index (χ1v) is 8.51. The molecule has 1 fully saturated rings. The maximum absolute atomic E-state index is 12.2. The van der Waals surface area contributed by atoms with E-state index in [9.17, 15) is 9.59 Å². The van der Waals surface area contributed by atoms with E-state index in [-0.39, 0.29) is 11.8 Å². The highest BCUT2D eigenvalue weighted by Crippen LogP contribution is 2.10. The zero-order valence-electron chi connectivity index (χ0n) is 14.0. The number of pyridine rings is 1. The van der Waals surface area contributed by atoms with Gasteiger partial charge in [-0.15, -0.1) is 0 Å². The van der Waals surface area contributed by atoms with Crippen molar-refractivity contribution in [2.75, 3.05) is 26.2 Å². The third-order valence-corrected chi connectivity index (χ3v) is 4.27. The molecule has 0 unspecified atom stereocenters. The summed E-state index contributed by atoms with van der Waals surface area (Å²) in [4.78, 5) is 31.5. The summed E-state index contributed by atoms with van der Waals surface area (Å²) >= 11 is 0. The summed E-state index contributed by atoms with van der Waals surface area (Å²) in [5.41, 5.74) is 2.81. The largest absolute Gasteiger partial charge is 0.340 e. The van der Waals surface area contributed by atoms with Gasteiger partial charge in [-0.2, -0.15) is 0 Å². The Balaban J connectivity index is 1.59. The van der Waals surface area contributed by atoms with Crippen molar-refractivity contribution in [3.05, 3.63) is 30.1 Å². The summed E-state index contributed by atoms with van der Waals surface area (Å²) in [6, 6.07) is 4.01. The molecule has 0 aliphatic carbocycles. The maximum atomic E-state index is 12.2. The molecule has 1 aliphatic rings. The average molecular weight is 334 g/mol. The molecule has 0 saturated carbocycles.